The molecule has 10 heteroatoms. The zero-order valence-electron chi connectivity index (χ0n) is 12.3. The molecule has 0 saturated carbocycles. The summed E-state index contributed by atoms with van der Waals surface area (Å²) >= 11 is 0. The molecule has 0 aliphatic carbocycles. The van der Waals surface area contributed by atoms with Crippen molar-refractivity contribution in [2.75, 3.05) is 6.61 Å². The van der Waals surface area contributed by atoms with Gasteiger partial charge in [-0.3, -0.25) is 14.9 Å². The number of aromatic nitrogens is 2. The smallest absolute Gasteiger partial charge is 0.318 e. The van der Waals surface area contributed by atoms with Gasteiger partial charge >= 0.3 is 12.0 Å². The van der Waals surface area contributed by atoms with Gasteiger partial charge < -0.3 is 15.0 Å². The summed E-state index contributed by atoms with van der Waals surface area (Å²) in [6.45, 7) is -0.619. The number of urea groups is 1. The summed E-state index contributed by atoms with van der Waals surface area (Å²) in [6.07, 6.45) is -0.000626. The standard InChI is InChI=1S/C14H13FN4O5/c15-9-3-1-8(2-4-9)13-18-11(24-19-13)5-6-12(21)23-7-10(20)17-14(16)22/h1-4H,5-7H2,(H3,16,17,20,22). The SMILES string of the molecule is NC(=O)NC(=O)COC(=O)CCc1nc(-c2ccc(F)cc2)no1. The third kappa shape index (κ3) is 5.16. The second kappa shape index (κ2) is 7.81. The first-order chi connectivity index (χ1) is 11.4. The number of rotatable bonds is 6. The van der Waals surface area contributed by atoms with Crippen LogP contribution in [0.1, 0.15) is 12.3 Å². The Morgan fingerprint density at radius 1 is 1.25 bits per heavy atom. The summed E-state index contributed by atoms with van der Waals surface area (Å²) in [5, 5.41) is 5.48. The number of primary amides is 1. The average Bonchev–Trinajstić information content (AvgIpc) is 3.00. The van der Waals surface area contributed by atoms with Crippen molar-refractivity contribution in [2.24, 2.45) is 5.73 Å². The number of amides is 3. The van der Waals surface area contributed by atoms with Gasteiger partial charge in [-0.1, -0.05) is 5.16 Å². The van der Waals surface area contributed by atoms with Gasteiger partial charge in [-0.15, -0.1) is 0 Å². The molecule has 0 atom stereocenters. The number of nitrogens with one attached hydrogen (secondary N) is 1. The van der Waals surface area contributed by atoms with Crippen LogP contribution in [0.2, 0.25) is 0 Å². The summed E-state index contributed by atoms with van der Waals surface area (Å²) in [6, 6.07) is 4.49. The van der Waals surface area contributed by atoms with Gasteiger partial charge in [0.05, 0.1) is 6.42 Å². The molecule has 2 rings (SSSR count). The Morgan fingerprint density at radius 3 is 2.62 bits per heavy atom. The van der Waals surface area contributed by atoms with Gasteiger partial charge in [0.2, 0.25) is 11.7 Å². The number of nitrogens with two attached hydrogens (primary N) is 1. The average molecular weight is 336 g/mol. The van der Waals surface area contributed by atoms with E-state index in [0.29, 0.717) is 5.56 Å². The highest BCUT2D eigenvalue weighted by Crippen LogP contribution is 2.16. The van der Waals surface area contributed by atoms with E-state index in [2.05, 4.69) is 14.9 Å². The molecule has 0 bridgehead atoms. The van der Waals surface area contributed by atoms with Crippen molar-refractivity contribution < 1.29 is 28.0 Å². The van der Waals surface area contributed by atoms with Gasteiger partial charge in [0.15, 0.2) is 6.61 Å². The maximum absolute atomic E-state index is 12.8. The molecule has 3 N–H and O–H groups in total. The second-order valence-electron chi connectivity index (χ2n) is 4.59. The van der Waals surface area contributed by atoms with Crippen molar-refractivity contribution in [3.05, 3.63) is 36.0 Å². The summed E-state index contributed by atoms with van der Waals surface area (Å²) < 4.78 is 22.5. The minimum absolute atomic E-state index is 0.102. The van der Waals surface area contributed by atoms with E-state index in [4.69, 9.17) is 10.3 Å². The number of esters is 1. The van der Waals surface area contributed by atoms with Gasteiger partial charge in [0.1, 0.15) is 5.82 Å². The topological polar surface area (TPSA) is 137 Å². The molecule has 0 radical (unpaired) electrons. The Hall–Kier alpha value is -3.30. The number of imide groups is 1. The molecule has 0 unspecified atom stereocenters. The molecule has 1 heterocycles. The van der Waals surface area contributed by atoms with E-state index < -0.39 is 24.5 Å². The first-order valence-corrected chi connectivity index (χ1v) is 6.77. The number of nitrogens with zero attached hydrogens (tertiary/aromatic N) is 2. The molecule has 2 aromatic rings. The van der Waals surface area contributed by atoms with Crippen LogP contribution in [0.15, 0.2) is 28.8 Å². The lowest BCUT2D eigenvalue weighted by atomic mass is 10.2. The largest absolute Gasteiger partial charge is 0.456 e. The summed E-state index contributed by atoms with van der Waals surface area (Å²) in [4.78, 5) is 37.0. The minimum atomic E-state index is -1.03. The van der Waals surface area contributed by atoms with Crippen LogP contribution < -0.4 is 11.1 Å². The summed E-state index contributed by atoms with van der Waals surface area (Å²) in [7, 11) is 0. The van der Waals surface area contributed by atoms with Crippen molar-refractivity contribution in [1.29, 1.82) is 0 Å². The van der Waals surface area contributed by atoms with Crippen LogP contribution in [0, 0.1) is 5.82 Å². The van der Waals surface area contributed by atoms with E-state index in [-0.39, 0.29) is 30.4 Å². The van der Waals surface area contributed by atoms with Crippen LogP contribution in [-0.4, -0.2) is 34.7 Å². The molecular formula is C14H13FN4O5. The number of halogens is 1. The predicted molar refractivity (Wildman–Crippen MR) is 76.7 cm³/mol. The molecule has 1 aromatic carbocycles. The molecule has 24 heavy (non-hydrogen) atoms. The summed E-state index contributed by atoms with van der Waals surface area (Å²) in [5.74, 6) is -1.44. The van der Waals surface area contributed by atoms with Crippen molar-refractivity contribution >= 4 is 17.9 Å². The van der Waals surface area contributed by atoms with Gasteiger partial charge in [0, 0.05) is 12.0 Å². The maximum Gasteiger partial charge on any atom is 0.318 e. The number of carbonyl (C=O) groups excluding carboxylic acids is 3. The predicted octanol–water partition coefficient (Wildman–Crippen LogP) is 0.546. The number of hydrogen-bond donors (Lipinski definition) is 2. The van der Waals surface area contributed by atoms with Crippen LogP contribution in [0.5, 0.6) is 0 Å². The molecule has 9 nitrogen and oxygen atoms in total. The van der Waals surface area contributed by atoms with Crippen LogP contribution in [0.3, 0.4) is 0 Å². The lowest BCUT2D eigenvalue weighted by Crippen LogP contribution is -2.37. The number of aryl methyl sites for hydroxylation is 1. The van der Waals surface area contributed by atoms with E-state index in [9.17, 15) is 18.8 Å². The van der Waals surface area contributed by atoms with Crippen molar-refractivity contribution in [2.45, 2.75) is 12.8 Å². The quantitative estimate of drug-likeness (QED) is 0.734. The zero-order chi connectivity index (χ0) is 17.5. The monoisotopic (exact) mass is 336 g/mol. The van der Waals surface area contributed by atoms with E-state index in [1.165, 1.54) is 24.3 Å². The number of carbonyl (C=O) groups is 3. The number of hydrogen-bond acceptors (Lipinski definition) is 7. The third-order valence-corrected chi connectivity index (χ3v) is 2.74. The summed E-state index contributed by atoms with van der Waals surface area (Å²) in [5.41, 5.74) is 5.30. The first-order valence-electron chi connectivity index (χ1n) is 6.77. The van der Waals surface area contributed by atoms with Gasteiger partial charge in [-0.2, -0.15) is 4.98 Å². The highest BCUT2D eigenvalue weighted by Gasteiger charge is 2.13. The fourth-order valence-electron chi connectivity index (χ4n) is 1.67. The molecule has 126 valence electrons. The Labute approximate surface area is 135 Å². The van der Waals surface area contributed by atoms with Crippen molar-refractivity contribution in [3.63, 3.8) is 0 Å². The fraction of sp³-hybridized carbons (Fsp3) is 0.214. The Kier molecular flexibility index (Phi) is 5.55. The molecule has 0 aliphatic heterocycles. The van der Waals surface area contributed by atoms with E-state index in [1.54, 1.807) is 5.32 Å². The zero-order valence-corrected chi connectivity index (χ0v) is 12.3. The highest BCUT2D eigenvalue weighted by atomic mass is 19.1. The number of ether oxygens (including phenoxy) is 1. The van der Waals surface area contributed by atoms with Crippen LogP contribution in [0.4, 0.5) is 9.18 Å². The molecule has 0 fully saturated rings. The highest BCUT2D eigenvalue weighted by molar-refractivity contribution is 5.94. The van der Waals surface area contributed by atoms with Crippen molar-refractivity contribution in [3.8, 4) is 11.4 Å². The normalized spacial score (nSPS) is 10.2. The van der Waals surface area contributed by atoms with E-state index >= 15 is 0 Å². The van der Waals surface area contributed by atoms with Gasteiger partial charge in [0.25, 0.3) is 5.91 Å². The Balaban J connectivity index is 1.80. The fourth-order valence-corrected chi connectivity index (χ4v) is 1.67. The van der Waals surface area contributed by atoms with Crippen molar-refractivity contribution in [1.82, 2.24) is 15.5 Å². The van der Waals surface area contributed by atoms with Crippen LogP contribution >= 0.6 is 0 Å². The molecule has 0 saturated heterocycles. The van der Waals surface area contributed by atoms with E-state index in [1.807, 2.05) is 0 Å². The Bertz CT molecular complexity index is 744. The molecular weight excluding hydrogens is 323 g/mol. The first kappa shape index (κ1) is 17.1. The van der Waals surface area contributed by atoms with Crippen LogP contribution in [0.25, 0.3) is 11.4 Å². The Morgan fingerprint density at radius 2 is 1.96 bits per heavy atom. The lowest BCUT2D eigenvalue weighted by molar-refractivity contribution is -0.148. The third-order valence-electron chi connectivity index (χ3n) is 2.74. The van der Waals surface area contributed by atoms with Gasteiger partial charge in [-0.05, 0) is 24.3 Å². The van der Waals surface area contributed by atoms with E-state index in [0.717, 1.165) is 0 Å². The lowest BCUT2D eigenvalue weighted by Gasteiger charge is -2.02. The molecule has 0 aliphatic rings. The molecule has 0 spiro atoms. The van der Waals surface area contributed by atoms with Gasteiger partial charge in [-0.25, -0.2) is 9.18 Å². The second-order valence-corrected chi connectivity index (χ2v) is 4.59. The minimum Gasteiger partial charge on any atom is -0.456 e. The molecule has 1 aromatic heterocycles. The number of benzene rings is 1. The molecule has 3 amide bonds. The maximum atomic E-state index is 12.8. The van der Waals surface area contributed by atoms with Crippen LogP contribution in [-0.2, 0) is 20.7 Å².